The third-order valence-corrected chi connectivity index (χ3v) is 7.23. The van der Waals surface area contributed by atoms with Gasteiger partial charge in [0, 0.05) is 30.9 Å². The molecule has 7 rings (SSSR count). The molecular weight excluding hydrogens is 384 g/mol. The monoisotopic (exact) mass is 408 g/mol. The van der Waals surface area contributed by atoms with Crippen LogP contribution >= 0.6 is 0 Å². The Hall–Kier alpha value is -2.94. The molecule has 0 spiro atoms. The Morgan fingerprint density at radius 1 is 1.30 bits per heavy atom. The number of hydrogen-bond acceptors (Lipinski definition) is 7. The van der Waals surface area contributed by atoms with Gasteiger partial charge in [-0.2, -0.15) is 4.98 Å². The summed E-state index contributed by atoms with van der Waals surface area (Å²) in [6.45, 7) is 0. The number of aromatic amines is 1. The molecule has 0 saturated heterocycles. The van der Waals surface area contributed by atoms with E-state index < -0.39 is 11.5 Å². The molecule has 0 radical (unpaired) electrons. The molecule has 4 fully saturated rings. The molecule has 0 aromatic carbocycles. The topological polar surface area (TPSA) is 129 Å². The van der Waals surface area contributed by atoms with E-state index in [1.54, 1.807) is 6.20 Å². The van der Waals surface area contributed by atoms with Crippen LogP contribution in [-0.4, -0.2) is 49.8 Å². The zero-order valence-corrected chi connectivity index (χ0v) is 16.7. The lowest BCUT2D eigenvalue weighted by Crippen LogP contribution is -2.59. The van der Waals surface area contributed by atoms with Crippen molar-refractivity contribution in [2.75, 3.05) is 12.4 Å². The molecule has 9 heteroatoms. The van der Waals surface area contributed by atoms with E-state index in [-0.39, 0.29) is 17.8 Å². The molecule has 3 unspecified atom stereocenters. The number of anilines is 1. The number of carbonyl (C=O) groups is 1. The lowest BCUT2D eigenvalue weighted by Gasteiger charge is -2.58. The Bertz CT molecular complexity index is 1120. The van der Waals surface area contributed by atoms with Crippen LogP contribution < -0.4 is 10.6 Å². The number of nitrogens with one attached hydrogen (secondary N) is 3. The van der Waals surface area contributed by atoms with Crippen molar-refractivity contribution in [3.63, 3.8) is 0 Å². The second-order valence-electron chi connectivity index (χ2n) is 9.15. The molecule has 3 heterocycles. The van der Waals surface area contributed by atoms with Crippen molar-refractivity contribution >= 4 is 22.6 Å². The molecule has 4 N–H and O–H groups in total. The van der Waals surface area contributed by atoms with Gasteiger partial charge < -0.3 is 25.2 Å². The van der Waals surface area contributed by atoms with Crippen molar-refractivity contribution in [1.29, 1.82) is 0 Å². The summed E-state index contributed by atoms with van der Waals surface area (Å²) >= 11 is 0. The molecule has 4 aliphatic rings. The smallest absolute Gasteiger partial charge is 0.292 e. The van der Waals surface area contributed by atoms with Crippen molar-refractivity contribution in [3.8, 4) is 11.5 Å². The Kier molecular flexibility index (Phi) is 3.74. The first kappa shape index (κ1) is 17.9. The lowest BCUT2D eigenvalue weighted by atomic mass is 9.52. The number of aliphatic hydroxyl groups is 1. The molecular formula is C21H24N6O3. The minimum atomic E-state index is -0.478. The number of amides is 1. The largest absolute Gasteiger partial charge is 0.390 e. The van der Waals surface area contributed by atoms with Crippen LogP contribution in [0.15, 0.2) is 23.0 Å². The Morgan fingerprint density at radius 3 is 2.83 bits per heavy atom. The molecule has 3 aromatic rings. The van der Waals surface area contributed by atoms with Crippen LogP contribution in [0.2, 0.25) is 0 Å². The van der Waals surface area contributed by atoms with Gasteiger partial charge in [-0.15, -0.1) is 0 Å². The molecule has 156 valence electrons. The highest BCUT2D eigenvalue weighted by Crippen LogP contribution is 2.56. The van der Waals surface area contributed by atoms with Gasteiger partial charge in [0.15, 0.2) is 0 Å². The first-order chi connectivity index (χ1) is 14.5. The summed E-state index contributed by atoms with van der Waals surface area (Å²) in [6.07, 6.45) is 8.55. The van der Waals surface area contributed by atoms with Crippen LogP contribution in [0, 0.1) is 17.8 Å². The maximum atomic E-state index is 11.9. The number of H-pyrrole nitrogens is 1. The minimum Gasteiger partial charge on any atom is -0.390 e. The van der Waals surface area contributed by atoms with Gasteiger partial charge >= 0.3 is 0 Å². The Morgan fingerprint density at radius 2 is 2.10 bits per heavy atom. The summed E-state index contributed by atoms with van der Waals surface area (Å²) in [5, 5.41) is 22.0. The fraction of sp³-hybridized carbons (Fsp3) is 0.524. The van der Waals surface area contributed by atoms with Crippen molar-refractivity contribution in [2.45, 2.75) is 43.7 Å². The summed E-state index contributed by atoms with van der Waals surface area (Å²) in [7, 11) is 1.53. The summed E-state index contributed by atoms with van der Waals surface area (Å²) < 4.78 is 5.41. The molecule has 5 atom stereocenters. The zero-order valence-electron chi connectivity index (χ0n) is 16.7. The van der Waals surface area contributed by atoms with E-state index in [1.165, 1.54) is 7.05 Å². The number of rotatable bonds is 4. The average Bonchev–Trinajstić information content (AvgIpc) is 3.38. The number of fused-ring (bicyclic) bond motifs is 1. The van der Waals surface area contributed by atoms with Crippen molar-refractivity contribution in [2.24, 2.45) is 17.8 Å². The van der Waals surface area contributed by atoms with Crippen LogP contribution in [0.1, 0.15) is 42.7 Å². The molecule has 9 nitrogen and oxygen atoms in total. The standard InChI is InChI=1S/C21H24N6O3/c1-22-19(28)18-26-20(30-27-18)14-9-24-17-13(2-3-23-17)16(14)25-15-11-4-10-5-12(15)8-21(29,6-10)7-11/h2-3,9-12,15,29H,4-8H2,1H3,(H,22,28)(H2,23,24,25)/t10?,11-,12+,15?,21?. The van der Waals surface area contributed by atoms with Crippen molar-refractivity contribution in [1.82, 2.24) is 25.4 Å². The van der Waals surface area contributed by atoms with E-state index in [0.717, 1.165) is 48.8 Å². The van der Waals surface area contributed by atoms with Crippen LogP contribution in [-0.2, 0) is 0 Å². The van der Waals surface area contributed by atoms with Gasteiger partial charge in [0.2, 0.25) is 0 Å². The maximum Gasteiger partial charge on any atom is 0.292 e. The van der Waals surface area contributed by atoms with Gasteiger partial charge in [-0.05, 0) is 55.9 Å². The SMILES string of the molecule is CNC(=O)c1noc(-c2cnc3[nH]ccc3c2NC2[C@@H]3CC4C[C@H]2CC(O)(C4)C3)n1. The molecule has 30 heavy (non-hydrogen) atoms. The summed E-state index contributed by atoms with van der Waals surface area (Å²) in [4.78, 5) is 23.8. The van der Waals surface area contributed by atoms with Gasteiger partial charge in [-0.1, -0.05) is 5.16 Å². The van der Waals surface area contributed by atoms with Crippen LogP contribution in [0.4, 0.5) is 5.69 Å². The van der Waals surface area contributed by atoms with E-state index in [9.17, 15) is 9.90 Å². The third-order valence-electron chi connectivity index (χ3n) is 7.23. The van der Waals surface area contributed by atoms with E-state index in [4.69, 9.17) is 4.52 Å². The molecule has 4 bridgehead atoms. The van der Waals surface area contributed by atoms with Crippen LogP contribution in [0.25, 0.3) is 22.5 Å². The third kappa shape index (κ3) is 2.64. The van der Waals surface area contributed by atoms with E-state index in [2.05, 4.69) is 30.7 Å². The summed E-state index contributed by atoms with van der Waals surface area (Å²) in [5.74, 6) is 1.38. The van der Waals surface area contributed by atoms with Crippen molar-refractivity contribution in [3.05, 3.63) is 24.3 Å². The van der Waals surface area contributed by atoms with E-state index >= 15 is 0 Å². The highest BCUT2D eigenvalue weighted by atomic mass is 16.5. The summed E-state index contributed by atoms with van der Waals surface area (Å²) in [6, 6.07) is 2.26. The van der Waals surface area contributed by atoms with Gasteiger partial charge in [0.05, 0.1) is 16.9 Å². The first-order valence-corrected chi connectivity index (χ1v) is 10.5. The second-order valence-corrected chi connectivity index (χ2v) is 9.15. The number of carbonyl (C=O) groups excluding carboxylic acids is 1. The predicted molar refractivity (Wildman–Crippen MR) is 109 cm³/mol. The number of hydrogen-bond donors (Lipinski definition) is 4. The number of aromatic nitrogens is 4. The quantitative estimate of drug-likeness (QED) is 0.521. The molecule has 4 saturated carbocycles. The average molecular weight is 408 g/mol. The normalized spacial score (nSPS) is 31.9. The Balaban J connectivity index is 1.40. The maximum absolute atomic E-state index is 11.9. The zero-order chi connectivity index (χ0) is 20.5. The fourth-order valence-electron chi connectivity index (χ4n) is 6.25. The Labute approximate surface area is 172 Å². The lowest BCUT2D eigenvalue weighted by molar-refractivity contribution is -0.129. The minimum absolute atomic E-state index is 0.00976. The highest BCUT2D eigenvalue weighted by Gasteiger charge is 2.54. The van der Waals surface area contributed by atoms with Gasteiger partial charge in [0.1, 0.15) is 5.65 Å². The summed E-state index contributed by atoms with van der Waals surface area (Å²) in [5.41, 5.74) is 1.86. The second kappa shape index (κ2) is 6.28. The fourth-order valence-corrected chi connectivity index (χ4v) is 6.25. The number of pyridine rings is 1. The molecule has 4 aliphatic carbocycles. The molecule has 0 aliphatic heterocycles. The molecule has 1 amide bonds. The van der Waals surface area contributed by atoms with Crippen LogP contribution in [0.3, 0.4) is 0 Å². The van der Waals surface area contributed by atoms with E-state index in [1.807, 2.05) is 12.3 Å². The number of nitrogens with zero attached hydrogens (tertiary/aromatic N) is 3. The van der Waals surface area contributed by atoms with Gasteiger partial charge in [-0.25, -0.2) is 4.98 Å². The first-order valence-electron chi connectivity index (χ1n) is 10.5. The van der Waals surface area contributed by atoms with Crippen molar-refractivity contribution < 1.29 is 14.4 Å². The highest BCUT2D eigenvalue weighted by molar-refractivity contribution is 5.97. The molecule has 3 aromatic heterocycles. The van der Waals surface area contributed by atoms with Crippen LogP contribution in [0.5, 0.6) is 0 Å². The van der Waals surface area contributed by atoms with E-state index in [0.29, 0.717) is 23.3 Å². The predicted octanol–water partition coefficient (Wildman–Crippen LogP) is 2.32. The van der Waals surface area contributed by atoms with Gasteiger partial charge in [-0.3, -0.25) is 4.79 Å². The van der Waals surface area contributed by atoms with Gasteiger partial charge in [0.25, 0.3) is 17.6 Å².